The van der Waals surface area contributed by atoms with Gasteiger partial charge in [0, 0.05) is 27.7 Å². The minimum atomic E-state index is -0.957. The molecule has 0 rings (SSSR count). The summed E-state index contributed by atoms with van der Waals surface area (Å²) < 4.78 is 15.5. The molecule has 8 heteroatoms. The van der Waals surface area contributed by atoms with Gasteiger partial charge in [0.05, 0.1) is 0 Å². The molecule has 0 spiro atoms. The Labute approximate surface area is 142 Å². The van der Waals surface area contributed by atoms with Crippen molar-refractivity contribution in [3.05, 3.63) is 0 Å². The Hall–Kier alpha value is -2.12. The molecular formula is C16H27NO7. The van der Waals surface area contributed by atoms with Crippen LogP contribution in [0.5, 0.6) is 0 Å². The fraction of sp³-hybridized carbons (Fsp3) is 0.750. The molecule has 0 heterocycles. The number of hydrogen-bond acceptors (Lipinski definition) is 7. The highest BCUT2D eigenvalue weighted by atomic mass is 16.6. The Morgan fingerprint density at radius 2 is 1.50 bits per heavy atom. The van der Waals surface area contributed by atoms with Gasteiger partial charge in [0.15, 0.2) is 6.10 Å². The summed E-state index contributed by atoms with van der Waals surface area (Å²) in [4.78, 5) is 45.4. The van der Waals surface area contributed by atoms with Gasteiger partial charge in [-0.3, -0.25) is 19.2 Å². The number of carbonyl (C=O) groups excluding carboxylic acids is 4. The van der Waals surface area contributed by atoms with E-state index >= 15 is 0 Å². The molecule has 0 aliphatic carbocycles. The van der Waals surface area contributed by atoms with Gasteiger partial charge in [-0.25, -0.2) is 0 Å². The summed E-state index contributed by atoms with van der Waals surface area (Å²) in [7, 11) is 0. The third-order valence-corrected chi connectivity index (χ3v) is 3.08. The number of nitrogens with one attached hydrogen (secondary N) is 1. The lowest BCUT2D eigenvalue weighted by molar-refractivity contribution is -0.171. The molecule has 1 N–H and O–H groups in total. The van der Waals surface area contributed by atoms with Crippen LogP contribution in [0.2, 0.25) is 0 Å². The maximum Gasteiger partial charge on any atom is 0.303 e. The van der Waals surface area contributed by atoms with Crippen LogP contribution in [0.1, 0.15) is 53.9 Å². The van der Waals surface area contributed by atoms with Gasteiger partial charge in [-0.2, -0.15) is 0 Å². The first-order chi connectivity index (χ1) is 11.2. The van der Waals surface area contributed by atoms with Gasteiger partial charge in [-0.1, -0.05) is 13.3 Å². The van der Waals surface area contributed by atoms with Crippen molar-refractivity contribution in [1.29, 1.82) is 0 Å². The van der Waals surface area contributed by atoms with E-state index in [1.165, 1.54) is 27.7 Å². The molecule has 0 aliphatic heterocycles. The Bertz CT molecular complexity index is 450. The van der Waals surface area contributed by atoms with Crippen molar-refractivity contribution in [2.24, 2.45) is 0 Å². The van der Waals surface area contributed by atoms with Crippen molar-refractivity contribution >= 4 is 23.8 Å². The molecule has 0 aromatic rings. The molecule has 3 atom stereocenters. The highest BCUT2D eigenvalue weighted by Crippen LogP contribution is 2.17. The van der Waals surface area contributed by atoms with Crippen molar-refractivity contribution in [1.82, 2.24) is 5.32 Å². The number of amides is 1. The molecular weight excluding hydrogens is 318 g/mol. The van der Waals surface area contributed by atoms with Crippen LogP contribution in [0.25, 0.3) is 0 Å². The standard InChI is InChI=1S/C16H27NO7/c1-6-7-8-15(23-12(4)20)16(24-13(5)21)14(17-10(2)18)9-22-11(3)19/h14-16H,6-9H2,1-5H3,(H,17,18)/t14-,15-,16+/m1/s1. The minimum Gasteiger partial charge on any atom is -0.464 e. The molecule has 0 fully saturated rings. The Morgan fingerprint density at radius 3 is 1.92 bits per heavy atom. The first kappa shape index (κ1) is 21.9. The monoisotopic (exact) mass is 345 g/mol. The van der Waals surface area contributed by atoms with Gasteiger partial charge in [-0.15, -0.1) is 0 Å². The van der Waals surface area contributed by atoms with Gasteiger partial charge >= 0.3 is 17.9 Å². The predicted molar refractivity (Wildman–Crippen MR) is 84.9 cm³/mol. The topological polar surface area (TPSA) is 108 Å². The maximum absolute atomic E-state index is 11.5. The van der Waals surface area contributed by atoms with Crippen LogP contribution in [-0.4, -0.2) is 48.7 Å². The quantitative estimate of drug-likeness (QED) is 0.466. The summed E-state index contributed by atoms with van der Waals surface area (Å²) in [5, 5.41) is 2.59. The van der Waals surface area contributed by atoms with E-state index < -0.39 is 36.2 Å². The SMILES string of the molecule is CCCC[C@@H](OC(C)=O)[C@@H](OC(C)=O)[C@@H](COC(C)=O)NC(C)=O. The largest absolute Gasteiger partial charge is 0.464 e. The summed E-state index contributed by atoms with van der Waals surface area (Å²) in [6, 6.07) is -0.823. The Balaban J connectivity index is 5.45. The van der Waals surface area contributed by atoms with Crippen molar-refractivity contribution in [3.63, 3.8) is 0 Å². The van der Waals surface area contributed by atoms with Gasteiger partial charge in [0.25, 0.3) is 0 Å². The van der Waals surface area contributed by atoms with Crippen molar-refractivity contribution in [3.8, 4) is 0 Å². The van der Waals surface area contributed by atoms with Crippen LogP contribution in [0, 0.1) is 0 Å². The molecule has 0 aromatic carbocycles. The molecule has 0 bridgehead atoms. The van der Waals surface area contributed by atoms with E-state index in [9.17, 15) is 19.2 Å². The molecule has 0 radical (unpaired) electrons. The molecule has 0 saturated carbocycles. The van der Waals surface area contributed by atoms with Gasteiger partial charge in [0.1, 0.15) is 18.8 Å². The second-order valence-electron chi connectivity index (χ2n) is 5.47. The number of ether oxygens (including phenoxy) is 3. The first-order valence-electron chi connectivity index (χ1n) is 7.92. The molecule has 0 saturated heterocycles. The summed E-state index contributed by atoms with van der Waals surface area (Å²) >= 11 is 0. The zero-order chi connectivity index (χ0) is 18.7. The van der Waals surface area contributed by atoms with Gasteiger partial charge in [-0.05, 0) is 12.8 Å². The lowest BCUT2D eigenvalue weighted by atomic mass is 10.00. The Morgan fingerprint density at radius 1 is 0.917 bits per heavy atom. The van der Waals surface area contributed by atoms with Crippen LogP contribution < -0.4 is 5.32 Å². The third kappa shape index (κ3) is 9.81. The average molecular weight is 345 g/mol. The van der Waals surface area contributed by atoms with Gasteiger partial charge < -0.3 is 19.5 Å². The lowest BCUT2D eigenvalue weighted by Gasteiger charge is -2.32. The minimum absolute atomic E-state index is 0.198. The zero-order valence-corrected chi connectivity index (χ0v) is 14.9. The van der Waals surface area contributed by atoms with E-state index in [1.807, 2.05) is 6.92 Å². The van der Waals surface area contributed by atoms with Crippen LogP contribution in [-0.2, 0) is 33.4 Å². The number of rotatable bonds is 10. The summed E-state index contributed by atoms with van der Waals surface area (Å²) in [6.07, 6.45) is 0.319. The van der Waals surface area contributed by atoms with E-state index in [0.29, 0.717) is 6.42 Å². The molecule has 1 amide bonds. The van der Waals surface area contributed by atoms with Crippen LogP contribution >= 0.6 is 0 Å². The lowest BCUT2D eigenvalue weighted by Crippen LogP contribution is -2.53. The highest BCUT2D eigenvalue weighted by molar-refractivity contribution is 5.73. The smallest absolute Gasteiger partial charge is 0.303 e. The zero-order valence-electron chi connectivity index (χ0n) is 14.9. The van der Waals surface area contributed by atoms with Gasteiger partial charge in [0.2, 0.25) is 5.91 Å². The molecule has 24 heavy (non-hydrogen) atoms. The molecule has 0 aromatic heterocycles. The second-order valence-corrected chi connectivity index (χ2v) is 5.47. The number of hydrogen-bond donors (Lipinski definition) is 1. The summed E-state index contributed by atoms with van der Waals surface area (Å²) in [5.41, 5.74) is 0. The van der Waals surface area contributed by atoms with Crippen LogP contribution in [0.4, 0.5) is 0 Å². The first-order valence-corrected chi connectivity index (χ1v) is 7.92. The summed E-state index contributed by atoms with van der Waals surface area (Å²) in [5.74, 6) is -2.04. The fourth-order valence-corrected chi connectivity index (χ4v) is 2.20. The molecule has 0 unspecified atom stereocenters. The Kier molecular flexibility index (Phi) is 10.4. The van der Waals surface area contributed by atoms with Crippen molar-refractivity contribution in [2.75, 3.05) is 6.61 Å². The fourth-order valence-electron chi connectivity index (χ4n) is 2.20. The number of carbonyl (C=O) groups is 4. The third-order valence-electron chi connectivity index (χ3n) is 3.08. The van der Waals surface area contributed by atoms with Crippen LogP contribution in [0.15, 0.2) is 0 Å². The van der Waals surface area contributed by atoms with Crippen molar-refractivity contribution < 1.29 is 33.4 Å². The van der Waals surface area contributed by atoms with E-state index in [0.717, 1.165) is 12.8 Å². The second kappa shape index (κ2) is 11.4. The number of esters is 3. The van der Waals surface area contributed by atoms with E-state index in [1.54, 1.807) is 0 Å². The van der Waals surface area contributed by atoms with Crippen molar-refractivity contribution in [2.45, 2.75) is 72.1 Å². The normalized spacial score (nSPS) is 14.0. The van der Waals surface area contributed by atoms with Crippen LogP contribution in [0.3, 0.4) is 0 Å². The van der Waals surface area contributed by atoms with E-state index in [-0.39, 0.29) is 12.5 Å². The van der Waals surface area contributed by atoms with E-state index in [4.69, 9.17) is 14.2 Å². The summed E-state index contributed by atoms with van der Waals surface area (Å²) in [6.45, 7) is 6.76. The highest BCUT2D eigenvalue weighted by Gasteiger charge is 2.35. The molecule has 0 aliphatic rings. The predicted octanol–water partition coefficient (Wildman–Crippen LogP) is 1.11. The van der Waals surface area contributed by atoms with E-state index in [2.05, 4.69) is 5.32 Å². The maximum atomic E-state index is 11.5. The number of unbranched alkanes of at least 4 members (excludes halogenated alkanes) is 1. The molecule has 8 nitrogen and oxygen atoms in total. The molecule has 138 valence electrons. The average Bonchev–Trinajstić information content (AvgIpc) is 2.44.